The molecule has 0 aliphatic carbocycles. The number of hydrogen-bond acceptors (Lipinski definition) is 6. The van der Waals surface area contributed by atoms with Crippen LogP contribution in [-0.2, 0) is 4.79 Å². The summed E-state index contributed by atoms with van der Waals surface area (Å²) in [7, 11) is 0. The Bertz CT molecular complexity index is 1320. The van der Waals surface area contributed by atoms with Gasteiger partial charge in [0.2, 0.25) is 0 Å². The molecule has 2 heterocycles. The minimum atomic E-state index is -0.0132. The van der Waals surface area contributed by atoms with Gasteiger partial charge in [0, 0.05) is 18.0 Å². The van der Waals surface area contributed by atoms with Crippen LogP contribution in [0.15, 0.2) is 111 Å². The van der Waals surface area contributed by atoms with Crippen molar-refractivity contribution in [2.45, 2.75) is 18.7 Å². The van der Waals surface area contributed by atoms with Gasteiger partial charge in [-0.1, -0.05) is 42.1 Å². The molecule has 2 aliphatic rings. The number of amides is 1. The lowest BCUT2D eigenvalue weighted by molar-refractivity contribution is -0.122. The third-order valence-corrected chi connectivity index (χ3v) is 7.73. The zero-order valence-electron chi connectivity index (χ0n) is 19.5. The largest absolute Gasteiger partial charge is 0.457 e. The van der Waals surface area contributed by atoms with E-state index in [1.54, 1.807) is 16.7 Å². The highest BCUT2D eigenvalue weighted by molar-refractivity contribution is 8.18. The Hall–Kier alpha value is -3.42. The molecule has 0 spiro atoms. The summed E-state index contributed by atoms with van der Waals surface area (Å²) in [6.45, 7) is 5.54. The molecule has 176 valence electrons. The number of rotatable bonds is 6. The number of hydrogen-bond donors (Lipinski definition) is 0. The summed E-state index contributed by atoms with van der Waals surface area (Å²) in [5, 5.41) is 1.81. The molecule has 0 bridgehead atoms. The highest BCUT2D eigenvalue weighted by atomic mass is 32.2. The number of amidine groups is 1. The number of fused-ring (bicyclic) bond motifs is 1. The molecule has 0 N–H and O–H groups in total. The zero-order chi connectivity index (χ0) is 24.2. The van der Waals surface area contributed by atoms with Crippen LogP contribution in [0.1, 0.15) is 13.8 Å². The highest BCUT2D eigenvalue weighted by Crippen LogP contribution is 2.45. The predicted octanol–water partition coefficient (Wildman–Crippen LogP) is 7.42. The van der Waals surface area contributed by atoms with Crippen LogP contribution in [0.3, 0.4) is 0 Å². The van der Waals surface area contributed by atoms with Crippen molar-refractivity contribution in [3.05, 3.63) is 101 Å². The Morgan fingerprint density at radius 1 is 0.800 bits per heavy atom. The van der Waals surface area contributed by atoms with E-state index < -0.39 is 0 Å². The molecular formula is C28H25N3O2S2. The Labute approximate surface area is 214 Å². The quantitative estimate of drug-likeness (QED) is 0.330. The number of nitrogens with zero attached hydrogens (tertiary/aromatic N) is 3. The number of ether oxygens (including phenoxy) is 1. The Balaban J connectivity index is 1.34. The van der Waals surface area contributed by atoms with Crippen LogP contribution in [0.25, 0.3) is 0 Å². The molecule has 0 saturated carbocycles. The number of carbonyl (C=O) groups excluding carboxylic acids is 1. The second-order valence-corrected chi connectivity index (χ2v) is 9.88. The fraction of sp³-hybridized carbons (Fsp3) is 0.143. The van der Waals surface area contributed by atoms with E-state index in [4.69, 9.17) is 9.73 Å². The van der Waals surface area contributed by atoms with Crippen molar-refractivity contribution in [2.75, 3.05) is 18.0 Å². The van der Waals surface area contributed by atoms with Crippen molar-refractivity contribution in [3.63, 3.8) is 0 Å². The Morgan fingerprint density at radius 2 is 1.49 bits per heavy atom. The van der Waals surface area contributed by atoms with Gasteiger partial charge in [-0.05, 0) is 86.3 Å². The maximum Gasteiger partial charge on any atom is 0.266 e. The Morgan fingerprint density at radius 3 is 2.23 bits per heavy atom. The lowest BCUT2D eigenvalue weighted by atomic mass is 10.3. The van der Waals surface area contributed by atoms with Crippen LogP contribution in [0.5, 0.6) is 11.5 Å². The third kappa shape index (κ3) is 5.01. The van der Waals surface area contributed by atoms with Gasteiger partial charge < -0.3 is 9.64 Å². The lowest BCUT2D eigenvalue weighted by Crippen LogP contribution is -2.28. The molecule has 7 heteroatoms. The second-order valence-electron chi connectivity index (χ2n) is 7.80. The number of likely N-dealkylation sites (N-methyl/N-ethyl adjacent to an activating group) is 1. The van der Waals surface area contributed by atoms with E-state index >= 15 is 0 Å². The number of para-hydroxylation sites is 2. The summed E-state index contributed by atoms with van der Waals surface area (Å²) in [5.41, 5.74) is 1.99. The average molecular weight is 500 g/mol. The molecule has 3 aromatic rings. The maximum atomic E-state index is 13.1. The molecule has 0 radical (unpaired) electrons. The van der Waals surface area contributed by atoms with E-state index in [0.29, 0.717) is 16.6 Å². The van der Waals surface area contributed by atoms with E-state index in [-0.39, 0.29) is 5.91 Å². The van der Waals surface area contributed by atoms with Crippen LogP contribution >= 0.6 is 23.5 Å². The summed E-state index contributed by atoms with van der Waals surface area (Å²) in [4.78, 5) is 23.7. The van der Waals surface area contributed by atoms with Gasteiger partial charge in [-0.25, -0.2) is 4.99 Å². The number of carbonyl (C=O) groups is 1. The number of aliphatic imine (C=N–C) groups is 1. The van der Waals surface area contributed by atoms with E-state index in [0.717, 1.165) is 28.8 Å². The second kappa shape index (κ2) is 10.5. The number of benzene rings is 3. The van der Waals surface area contributed by atoms with Gasteiger partial charge in [0.1, 0.15) is 11.5 Å². The third-order valence-electron chi connectivity index (χ3n) is 5.57. The molecule has 1 saturated heterocycles. The predicted molar refractivity (Wildman–Crippen MR) is 147 cm³/mol. The first-order chi connectivity index (χ1) is 17.2. The van der Waals surface area contributed by atoms with Crippen LogP contribution < -0.4 is 9.64 Å². The Kier molecular flexibility index (Phi) is 6.97. The van der Waals surface area contributed by atoms with Crippen molar-refractivity contribution in [3.8, 4) is 11.5 Å². The van der Waals surface area contributed by atoms with Crippen LogP contribution in [0.2, 0.25) is 0 Å². The topological polar surface area (TPSA) is 45.1 Å². The molecule has 0 atom stereocenters. The minimum Gasteiger partial charge on any atom is -0.457 e. The van der Waals surface area contributed by atoms with Gasteiger partial charge in [-0.2, -0.15) is 0 Å². The van der Waals surface area contributed by atoms with E-state index in [2.05, 4.69) is 36.1 Å². The van der Waals surface area contributed by atoms with Crippen molar-refractivity contribution in [2.24, 2.45) is 4.99 Å². The maximum absolute atomic E-state index is 13.1. The summed E-state index contributed by atoms with van der Waals surface area (Å²) in [6, 6.07) is 25.6. The fourth-order valence-corrected chi connectivity index (χ4v) is 5.99. The summed E-state index contributed by atoms with van der Waals surface area (Å²) < 4.78 is 5.86. The highest BCUT2D eigenvalue weighted by Gasteiger charge is 2.32. The van der Waals surface area contributed by atoms with Gasteiger partial charge in [0.25, 0.3) is 5.91 Å². The smallest absolute Gasteiger partial charge is 0.266 e. The molecule has 1 fully saturated rings. The molecule has 5 rings (SSSR count). The summed E-state index contributed by atoms with van der Waals surface area (Å²) in [5.74, 6) is 1.51. The zero-order valence-corrected chi connectivity index (χ0v) is 21.2. The normalized spacial score (nSPS) is 18.7. The van der Waals surface area contributed by atoms with E-state index in [9.17, 15) is 4.79 Å². The molecule has 3 aromatic carbocycles. The number of thioether (sulfide) groups is 2. The van der Waals surface area contributed by atoms with Crippen LogP contribution in [0, 0.1) is 0 Å². The monoisotopic (exact) mass is 499 g/mol. The van der Waals surface area contributed by atoms with Gasteiger partial charge in [0.05, 0.1) is 21.3 Å². The van der Waals surface area contributed by atoms with Gasteiger partial charge in [-0.15, -0.1) is 0 Å². The molecule has 1 amide bonds. The molecular weight excluding hydrogens is 474 g/mol. The van der Waals surface area contributed by atoms with Crippen molar-refractivity contribution < 1.29 is 9.53 Å². The van der Waals surface area contributed by atoms with Gasteiger partial charge in [-0.3, -0.25) is 9.69 Å². The first kappa shape index (κ1) is 23.3. The first-order valence-electron chi connectivity index (χ1n) is 11.5. The van der Waals surface area contributed by atoms with Crippen LogP contribution in [-0.4, -0.2) is 29.1 Å². The lowest BCUT2D eigenvalue weighted by Gasteiger charge is -2.17. The molecule has 0 aromatic heterocycles. The number of allylic oxidation sites excluding steroid dienone is 2. The molecule has 35 heavy (non-hydrogen) atoms. The number of anilines is 1. The summed E-state index contributed by atoms with van der Waals surface area (Å²) in [6.07, 6.45) is 3.97. The molecule has 2 aliphatic heterocycles. The van der Waals surface area contributed by atoms with Crippen molar-refractivity contribution in [1.29, 1.82) is 0 Å². The summed E-state index contributed by atoms with van der Waals surface area (Å²) >= 11 is 3.14. The fourth-order valence-electron chi connectivity index (χ4n) is 3.86. The van der Waals surface area contributed by atoms with Gasteiger partial charge >= 0.3 is 0 Å². The van der Waals surface area contributed by atoms with E-state index in [1.807, 2.05) is 73.7 Å². The van der Waals surface area contributed by atoms with Crippen LogP contribution in [0.4, 0.5) is 11.4 Å². The SMILES string of the molecule is CCN1C(=O)/C(=C/C=C2\Sc3ccccc3N2CC)SC1=Nc1ccc(Oc2ccccc2)cc1. The van der Waals surface area contributed by atoms with Gasteiger partial charge in [0.15, 0.2) is 5.17 Å². The molecule has 5 nitrogen and oxygen atoms in total. The minimum absolute atomic E-state index is 0.0132. The first-order valence-corrected chi connectivity index (χ1v) is 13.2. The molecule has 0 unspecified atom stereocenters. The van der Waals surface area contributed by atoms with Crippen molar-refractivity contribution >= 4 is 46.0 Å². The standard InChI is InChI=1S/C28H25N3O2S2/c1-3-30-23-12-8-9-13-24(23)34-26(30)19-18-25-27(32)31(4-2)28(35-25)29-20-14-16-22(17-15-20)33-21-10-6-5-7-11-21/h5-19H,3-4H2,1-2H3/b25-18-,26-19-,29-28?. The van der Waals surface area contributed by atoms with E-state index in [1.165, 1.54) is 22.3 Å². The average Bonchev–Trinajstić information content (AvgIpc) is 3.40. The van der Waals surface area contributed by atoms with Crippen molar-refractivity contribution in [1.82, 2.24) is 4.90 Å².